The summed E-state index contributed by atoms with van der Waals surface area (Å²) in [5.74, 6) is -0.367. The van der Waals surface area contributed by atoms with Gasteiger partial charge in [0.15, 0.2) is 0 Å². The van der Waals surface area contributed by atoms with E-state index in [2.05, 4.69) is 5.32 Å². The fourth-order valence-corrected chi connectivity index (χ4v) is 4.60. The second kappa shape index (κ2) is 9.19. The van der Waals surface area contributed by atoms with Crippen molar-refractivity contribution in [1.82, 2.24) is 10.2 Å². The van der Waals surface area contributed by atoms with E-state index >= 15 is 0 Å². The number of nitrogens with one attached hydrogen (secondary N) is 1. The summed E-state index contributed by atoms with van der Waals surface area (Å²) in [7, 11) is -2.97. The van der Waals surface area contributed by atoms with Gasteiger partial charge in [0.1, 0.15) is 9.84 Å². The van der Waals surface area contributed by atoms with Crippen LogP contribution in [0.4, 0.5) is 0 Å². The minimum atomic E-state index is -2.97. The molecule has 0 aromatic heterocycles. The number of likely N-dealkylation sites (N-methyl/N-ethyl adjacent to an activating group) is 1. The Morgan fingerprint density at radius 1 is 1.31 bits per heavy atom. The number of benzene rings is 1. The molecular formula is C18H23ClN2O4S. The monoisotopic (exact) mass is 398 g/mol. The van der Waals surface area contributed by atoms with Gasteiger partial charge in [-0.2, -0.15) is 0 Å². The van der Waals surface area contributed by atoms with Gasteiger partial charge >= 0.3 is 0 Å². The third-order valence-corrected chi connectivity index (χ3v) is 6.27. The fraction of sp³-hybridized carbons (Fsp3) is 0.444. The van der Waals surface area contributed by atoms with Gasteiger partial charge < -0.3 is 10.2 Å². The molecule has 26 heavy (non-hydrogen) atoms. The number of carbonyl (C=O) groups excluding carboxylic acids is 2. The maximum absolute atomic E-state index is 12.4. The maximum Gasteiger partial charge on any atom is 0.244 e. The van der Waals surface area contributed by atoms with Crippen molar-refractivity contribution in [2.75, 3.05) is 24.6 Å². The van der Waals surface area contributed by atoms with Crippen LogP contribution in [0.2, 0.25) is 5.02 Å². The van der Waals surface area contributed by atoms with Gasteiger partial charge in [0.2, 0.25) is 11.8 Å². The lowest BCUT2D eigenvalue weighted by Crippen LogP contribution is -2.48. The van der Waals surface area contributed by atoms with Crippen molar-refractivity contribution in [2.45, 2.75) is 25.8 Å². The molecule has 1 saturated heterocycles. The molecule has 0 bridgehead atoms. The van der Waals surface area contributed by atoms with Crippen LogP contribution in [0.3, 0.4) is 0 Å². The molecule has 0 radical (unpaired) electrons. The van der Waals surface area contributed by atoms with Gasteiger partial charge in [-0.15, -0.1) is 0 Å². The summed E-state index contributed by atoms with van der Waals surface area (Å²) in [5.41, 5.74) is 0.789. The SMILES string of the molecule is CCN(C(=O)CNC(=O)/C=C/c1cccc(Cl)c1)C1CCS(=O)(=O)CC1. The Labute approximate surface area is 159 Å². The summed E-state index contributed by atoms with van der Waals surface area (Å²) < 4.78 is 23.1. The number of sulfone groups is 1. The number of halogens is 1. The molecule has 8 heteroatoms. The minimum absolute atomic E-state index is 0.0880. The first kappa shape index (κ1) is 20.5. The largest absolute Gasteiger partial charge is 0.343 e. The van der Waals surface area contributed by atoms with E-state index in [1.165, 1.54) is 6.08 Å². The van der Waals surface area contributed by atoms with Crippen molar-refractivity contribution in [3.05, 3.63) is 40.9 Å². The van der Waals surface area contributed by atoms with Gasteiger partial charge in [-0.1, -0.05) is 23.7 Å². The van der Waals surface area contributed by atoms with Crippen molar-refractivity contribution < 1.29 is 18.0 Å². The molecular weight excluding hydrogens is 376 g/mol. The van der Waals surface area contributed by atoms with E-state index in [-0.39, 0.29) is 35.9 Å². The highest BCUT2D eigenvalue weighted by Gasteiger charge is 2.29. The number of rotatable bonds is 6. The van der Waals surface area contributed by atoms with E-state index in [1.54, 1.807) is 29.2 Å². The molecule has 142 valence electrons. The van der Waals surface area contributed by atoms with Crippen LogP contribution in [0.5, 0.6) is 0 Å². The molecule has 1 aromatic rings. The van der Waals surface area contributed by atoms with Gasteiger partial charge in [0.05, 0.1) is 18.1 Å². The fourth-order valence-electron chi connectivity index (χ4n) is 2.93. The van der Waals surface area contributed by atoms with Crippen LogP contribution in [0, 0.1) is 0 Å². The third-order valence-electron chi connectivity index (χ3n) is 4.32. The smallest absolute Gasteiger partial charge is 0.244 e. The average Bonchev–Trinajstić information content (AvgIpc) is 2.60. The van der Waals surface area contributed by atoms with Crippen molar-refractivity contribution in [2.24, 2.45) is 0 Å². The lowest BCUT2D eigenvalue weighted by Gasteiger charge is -2.33. The Morgan fingerprint density at radius 2 is 2.00 bits per heavy atom. The summed E-state index contributed by atoms with van der Waals surface area (Å²) in [4.78, 5) is 25.9. The van der Waals surface area contributed by atoms with E-state index in [9.17, 15) is 18.0 Å². The van der Waals surface area contributed by atoms with E-state index in [4.69, 9.17) is 11.6 Å². The molecule has 0 atom stereocenters. The first-order valence-electron chi connectivity index (χ1n) is 8.52. The average molecular weight is 399 g/mol. The predicted molar refractivity (Wildman–Crippen MR) is 103 cm³/mol. The molecule has 6 nitrogen and oxygen atoms in total. The molecule has 1 aliphatic rings. The van der Waals surface area contributed by atoms with E-state index in [0.717, 1.165) is 5.56 Å². The van der Waals surface area contributed by atoms with Crippen LogP contribution in [0.15, 0.2) is 30.3 Å². The highest BCUT2D eigenvalue weighted by Crippen LogP contribution is 2.18. The van der Waals surface area contributed by atoms with Gasteiger partial charge in [0.25, 0.3) is 0 Å². The predicted octanol–water partition coefficient (Wildman–Crippen LogP) is 1.90. The standard InChI is InChI=1S/C18H23ClN2O4S/c1-2-21(16-8-10-26(24,25)11-9-16)18(23)13-20-17(22)7-6-14-4-3-5-15(19)12-14/h3-7,12,16H,2,8-11,13H2,1H3,(H,20,22)/b7-6+. The molecule has 0 aliphatic carbocycles. The first-order valence-corrected chi connectivity index (χ1v) is 10.7. The van der Waals surface area contributed by atoms with Crippen molar-refractivity contribution in [3.63, 3.8) is 0 Å². The van der Waals surface area contributed by atoms with Gasteiger partial charge in [-0.25, -0.2) is 8.42 Å². The normalized spacial score (nSPS) is 17.2. The number of hydrogen-bond donors (Lipinski definition) is 1. The number of carbonyl (C=O) groups is 2. The molecule has 0 spiro atoms. The van der Waals surface area contributed by atoms with Crippen LogP contribution in [-0.4, -0.2) is 55.8 Å². The Hall–Kier alpha value is -1.86. The van der Waals surface area contributed by atoms with Crippen molar-refractivity contribution in [3.8, 4) is 0 Å². The van der Waals surface area contributed by atoms with E-state index < -0.39 is 9.84 Å². The first-order chi connectivity index (χ1) is 12.3. The Balaban J connectivity index is 1.85. The molecule has 1 N–H and O–H groups in total. The molecule has 0 saturated carbocycles. The molecule has 2 amide bonds. The summed E-state index contributed by atoms with van der Waals surface area (Å²) in [6.07, 6.45) is 3.87. The second-order valence-electron chi connectivity index (χ2n) is 6.17. The zero-order valence-corrected chi connectivity index (χ0v) is 16.2. The van der Waals surface area contributed by atoms with Crippen LogP contribution in [0.1, 0.15) is 25.3 Å². The molecule has 1 aliphatic heterocycles. The topological polar surface area (TPSA) is 83.6 Å². The zero-order chi connectivity index (χ0) is 19.2. The molecule has 0 unspecified atom stereocenters. The van der Waals surface area contributed by atoms with Crippen LogP contribution in [-0.2, 0) is 19.4 Å². The van der Waals surface area contributed by atoms with Crippen molar-refractivity contribution in [1.29, 1.82) is 0 Å². The van der Waals surface area contributed by atoms with Gasteiger partial charge in [0, 0.05) is 23.7 Å². The van der Waals surface area contributed by atoms with Crippen LogP contribution >= 0.6 is 11.6 Å². The second-order valence-corrected chi connectivity index (χ2v) is 8.91. The van der Waals surface area contributed by atoms with E-state index in [0.29, 0.717) is 24.4 Å². The highest BCUT2D eigenvalue weighted by atomic mass is 35.5. The van der Waals surface area contributed by atoms with Crippen LogP contribution in [0.25, 0.3) is 6.08 Å². The quantitative estimate of drug-likeness (QED) is 0.742. The molecule has 1 fully saturated rings. The molecule has 1 heterocycles. The zero-order valence-electron chi connectivity index (χ0n) is 14.7. The maximum atomic E-state index is 12.4. The molecule has 2 rings (SSSR count). The van der Waals surface area contributed by atoms with Gasteiger partial charge in [-0.3, -0.25) is 9.59 Å². The van der Waals surface area contributed by atoms with Crippen molar-refractivity contribution >= 4 is 39.3 Å². The lowest BCUT2D eigenvalue weighted by atomic mass is 10.1. The Morgan fingerprint density at radius 3 is 2.62 bits per heavy atom. The highest BCUT2D eigenvalue weighted by molar-refractivity contribution is 7.91. The third kappa shape index (κ3) is 6.14. The lowest BCUT2D eigenvalue weighted by molar-refractivity contribution is -0.134. The Bertz CT molecular complexity index is 778. The van der Waals surface area contributed by atoms with E-state index in [1.807, 2.05) is 13.0 Å². The number of hydrogen-bond acceptors (Lipinski definition) is 4. The summed E-state index contributed by atoms with van der Waals surface area (Å²) in [5, 5.41) is 3.15. The number of nitrogens with zero attached hydrogens (tertiary/aromatic N) is 1. The van der Waals surface area contributed by atoms with Crippen LogP contribution < -0.4 is 5.32 Å². The summed E-state index contributed by atoms with van der Waals surface area (Å²) >= 11 is 5.88. The minimum Gasteiger partial charge on any atom is -0.343 e. The number of amides is 2. The summed E-state index contributed by atoms with van der Waals surface area (Å²) in [6.45, 7) is 2.22. The van der Waals surface area contributed by atoms with Gasteiger partial charge in [-0.05, 0) is 43.5 Å². The molecule has 1 aromatic carbocycles. The summed E-state index contributed by atoms with van der Waals surface area (Å²) in [6, 6.07) is 6.98. The Kier molecular flexibility index (Phi) is 7.23.